The van der Waals surface area contributed by atoms with E-state index in [2.05, 4.69) is 9.72 Å². The first-order valence-electron chi connectivity index (χ1n) is 4.19. The Bertz CT molecular complexity index is 459. The molecule has 88 valence electrons. The lowest BCUT2D eigenvalue weighted by Crippen LogP contribution is -2.21. The van der Waals surface area contributed by atoms with Gasteiger partial charge < -0.3 is 9.72 Å². The molecule has 0 aromatic carbocycles. The number of pyridine rings is 1. The van der Waals surface area contributed by atoms with Crippen LogP contribution in [0.25, 0.3) is 0 Å². The molecule has 0 aliphatic rings. The lowest BCUT2D eigenvalue weighted by atomic mass is 10.1. The molecule has 0 atom stereocenters. The highest BCUT2D eigenvalue weighted by Gasteiger charge is 2.24. The molecule has 0 spiro atoms. The second-order valence-corrected chi connectivity index (χ2v) is 3.12. The Morgan fingerprint density at radius 2 is 2.25 bits per heavy atom. The molecule has 0 fully saturated rings. The third-order valence-electron chi connectivity index (χ3n) is 1.95. The van der Waals surface area contributed by atoms with E-state index in [4.69, 9.17) is 11.6 Å². The fourth-order valence-corrected chi connectivity index (χ4v) is 1.37. The number of aromatic amines is 1. The Kier molecular flexibility index (Phi) is 4.00. The molecule has 0 bridgehead atoms. The maximum Gasteiger partial charge on any atom is 0.355 e. The summed E-state index contributed by atoms with van der Waals surface area (Å²) in [6.45, 7) is 0. The number of H-pyrrole nitrogens is 1. The number of carbonyl (C=O) groups is 1. The van der Waals surface area contributed by atoms with E-state index in [0.717, 1.165) is 13.3 Å². The van der Waals surface area contributed by atoms with Crippen LogP contribution in [0.15, 0.2) is 11.0 Å². The van der Waals surface area contributed by atoms with Gasteiger partial charge in [0, 0.05) is 11.8 Å². The fraction of sp³-hybridized carbons (Fsp3) is 0.333. The maximum atomic E-state index is 12.6. The van der Waals surface area contributed by atoms with Crippen molar-refractivity contribution in [1.82, 2.24) is 4.98 Å². The van der Waals surface area contributed by atoms with Gasteiger partial charge in [-0.15, -0.1) is 11.6 Å². The third-order valence-corrected chi connectivity index (χ3v) is 2.24. The SMILES string of the molecule is COC(=O)c1[nH]cc(CCl)c(=O)c1C(F)F. The van der Waals surface area contributed by atoms with Crippen LogP contribution >= 0.6 is 11.6 Å². The van der Waals surface area contributed by atoms with Crippen LogP contribution in [-0.4, -0.2) is 18.1 Å². The van der Waals surface area contributed by atoms with Gasteiger partial charge in [0.15, 0.2) is 5.43 Å². The minimum atomic E-state index is -3.07. The zero-order valence-electron chi connectivity index (χ0n) is 8.22. The van der Waals surface area contributed by atoms with E-state index in [1.165, 1.54) is 0 Å². The molecule has 0 unspecified atom stereocenters. The monoisotopic (exact) mass is 251 g/mol. The van der Waals surface area contributed by atoms with Crippen LogP contribution in [0.5, 0.6) is 0 Å². The quantitative estimate of drug-likeness (QED) is 0.659. The minimum absolute atomic E-state index is 0.0235. The number of aromatic nitrogens is 1. The van der Waals surface area contributed by atoms with Gasteiger partial charge in [-0.25, -0.2) is 13.6 Å². The van der Waals surface area contributed by atoms with Crippen LogP contribution in [0.4, 0.5) is 8.78 Å². The van der Waals surface area contributed by atoms with E-state index in [1.807, 2.05) is 0 Å². The van der Waals surface area contributed by atoms with Crippen molar-refractivity contribution in [1.29, 1.82) is 0 Å². The maximum absolute atomic E-state index is 12.6. The third kappa shape index (κ3) is 2.21. The number of hydrogen-bond acceptors (Lipinski definition) is 3. The minimum Gasteiger partial charge on any atom is -0.464 e. The zero-order valence-corrected chi connectivity index (χ0v) is 8.98. The molecule has 0 saturated carbocycles. The van der Waals surface area contributed by atoms with E-state index in [1.54, 1.807) is 0 Å². The lowest BCUT2D eigenvalue weighted by Gasteiger charge is -2.07. The average molecular weight is 252 g/mol. The van der Waals surface area contributed by atoms with Gasteiger partial charge in [0.25, 0.3) is 6.43 Å². The number of ether oxygens (including phenoxy) is 1. The first-order valence-corrected chi connectivity index (χ1v) is 4.73. The fourth-order valence-electron chi connectivity index (χ4n) is 1.17. The Balaban J connectivity index is 3.47. The summed E-state index contributed by atoms with van der Waals surface area (Å²) in [7, 11) is 1.03. The van der Waals surface area contributed by atoms with Gasteiger partial charge in [-0.2, -0.15) is 0 Å². The highest BCUT2D eigenvalue weighted by molar-refractivity contribution is 6.17. The number of rotatable bonds is 3. The van der Waals surface area contributed by atoms with Gasteiger partial charge in [0.1, 0.15) is 5.69 Å². The van der Waals surface area contributed by atoms with Crippen molar-refractivity contribution in [2.75, 3.05) is 7.11 Å². The molecular formula is C9H8ClF2NO3. The molecule has 1 aromatic rings. The van der Waals surface area contributed by atoms with E-state index >= 15 is 0 Å². The molecule has 0 saturated heterocycles. The predicted molar refractivity (Wildman–Crippen MR) is 52.9 cm³/mol. The summed E-state index contributed by atoms with van der Waals surface area (Å²) in [6.07, 6.45) is -1.95. The number of methoxy groups -OCH3 is 1. The molecule has 0 amide bonds. The number of halogens is 3. The Morgan fingerprint density at radius 1 is 1.62 bits per heavy atom. The Labute approximate surface area is 94.2 Å². The summed E-state index contributed by atoms with van der Waals surface area (Å²) >= 11 is 5.39. The molecule has 4 nitrogen and oxygen atoms in total. The highest BCUT2D eigenvalue weighted by Crippen LogP contribution is 2.19. The summed E-state index contributed by atoms with van der Waals surface area (Å²) in [5.41, 5.74) is -2.42. The van der Waals surface area contributed by atoms with Crippen LogP contribution in [-0.2, 0) is 10.6 Å². The molecule has 0 aliphatic heterocycles. The topological polar surface area (TPSA) is 59.2 Å². The van der Waals surface area contributed by atoms with Crippen molar-refractivity contribution >= 4 is 17.6 Å². The summed E-state index contributed by atoms with van der Waals surface area (Å²) in [4.78, 5) is 24.9. The summed E-state index contributed by atoms with van der Waals surface area (Å²) in [6, 6.07) is 0. The molecular weight excluding hydrogens is 244 g/mol. The molecule has 1 heterocycles. The van der Waals surface area contributed by atoms with E-state index < -0.39 is 29.1 Å². The molecule has 1 rings (SSSR count). The van der Waals surface area contributed by atoms with Crippen LogP contribution in [0.1, 0.15) is 28.0 Å². The van der Waals surface area contributed by atoms with Crippen LogP contribution in [0, 0.1) is 0 Å². The lowest BCUT2D eigenvalue weighted by molar-refractivity contribution is 0.0581. The van der Waals surface area contributed by atoms with Crippen LogP contribution in [0.3, 0.4) is 0 Å². The molecule has 1 N–H and O–H groups in total. The first-order chi connectivity index (χ1) is 7.52. The highest BCUT2D eigenvalue weighted by atomic mass is 35.5. The van der Waals surface area contributed by atoms with Gasteiger partial charge in [0.05, 0.1) is 18.6 Å². The smallest absolute Gasteiger partial charge is 0.355 e. The van der Waals surface area contributed by atoms with Gasteiger partial charge >= 0.3 is 5.97 Å². The average Bonchev–Trinajstić information content (AvgIpc) is 2.26. The van der Waals surface area contributed by atoms with Gasteiger partial charge in [-0.05, 0) is 0 Å². The number of carbonyl (C=O) groups excluding carboxylic acids is 1. The largest absolute Gasteiger partial charge is 0.464 e. The van der Waals surface area contributed by atoms with E-state index in [-0.39, 0.29) is 11.4 Å². The van der Waals surface area contributed by atoms with Gasteiger partial charge in [-0.3, -0.25) is 4.79 Å². The Hall–Kier alpha value is -1.43. The van der Waals surface area contributed by atoms with Crippen LogP contribution < -0.4 is 5.43 Å². The first kappa shape index (κ1) is 12.6. The predicted octanol–water partition coefficient (Wildman–Crippen LogP) is 1.84. The number of alkyl halides is 3. The van der Waals surface area contributed by atoms with Gasteiger partial charge in [0.2, 0.25) is 0 Å². The molecule has 0 aliphatic carbocycles. The van der Waals surface area contributed by atoms with Crippen LogP contribution in [0.2, 0.25) is 0 Å². The summed E-state index contributed by atoms with van der Waals surface area (Å²) in [5.74, 6) is -1.23. The summed E-state index contributed by atoms with van der Waals surface area (Å²) in [5, 5.41) is 0. The standard InChI is InChI=1S/C9H8ClF2NO3/c1-16-9(15)6-5(8(11)12)7(14)4(2-10)3-13-6/h3,8H,2H2,1H3,(H,13,14). The zero-order chi connectivity index (χ0) is 12.3. The van der Waals surface area contributed by atoms with Crippen molar-refractivity contribution in [2.45, 2.75) is 12.3 Å². The van der Waals surface area contributed by atoms with Crippen molar-refractivity contribution in [2.24, 2.45) is 0 Å². The number of esters is 1. The van der Waals surface area contributed by atoms with E-state index in [0.29, 0.717) is 0 Å². The molecule has 1 aromatic heterocycles. The second-order valence-electron chi connectivity index (χ2n) is 2.86. The van der Waals surface area contributed by atoms with Gasteiger partial charge in [-0.1, -0.05) is 0 Å². The van der Waals surface area contributed by atoms with Crippen molar-refractivity contribution in [3.8, 4) is 0 Å². The van der Waals surface area contributed by atoms with Crippen molar-refractivity contribution in [3.63, 3.8) is 0 Å². The summed E-state index contributed by atoms with van der Waals surface area (Å²) < 4.78 is 29.5. The molecule has 7 heteroatoms. The van der Waals surface area contributed by atoms with Crippen molar-refractivity contribution in [3.05, 3.63) is 33.2 Å². The van der Waals surface area contributed by atoms with Crippen molar-refractivity contribution < 1.29 is 18.3 Å². The normalized spacial score (nSPS) is 10.6. The molecule has 16 heavy (non-hydrogen) atoms. The Morgan fingerprint density at radius 3 is 2.69 bits per heavy atom. The second kappa shape index (κ2) is 5.07. The molecule has 0 radical (unpaired) electrons. The van der Waals surface area contributed by atoms with E-state index in [9.17, 15) is 18.4 Å². The number of hydrogen-bond donors (Lipinski definition) is 1. The number of nitrogens with one attached hydrogen (secondary N) is 1.